The lowest BCUT2D eigenvalue weighted by Crippen LogP contribution is -2.59. The lowest BCUT2D eigenvalue weighted by Gasteiger charge is -2.40. The van der Waals surface area contributed by atoms with Gasteiger partial charge in [-0.2, -0.15) is 0 Å². The fourth-order valence-electron chi connectivity index (χ4n) is 2.87. The summed E-state index contributed by atoms with van der Waals surface area (Å²) in [5, 5.41) is 12.5. The number of ether oxygens (including phenoxy) is 2. The molecule has 0 spiro atoms. The number of aliphatic hydroxyl groups is 1. The average molecular weight is 407 g/mol. The first-order chi connectivity index (χ1) is 13.6. The summed E-state index contributed by atoms with van der Waals surface area (Å²) in [6, 6.07) is 5.41. The van der Waals surface area contributed by atoms with Gasteiger partial charge in [-0.15, -0.1) is 0 Å². The largest absolute Gasteiger partial charge is 0.462 e. The fourth-order valence-corrected chi connectivity index (χ4v) is 2.87. The van der Waals surface area contributed by atoms with Crippen LogP contribution in [0.1, 0.15) is 38.1 Å². The molecule has 1 unspecified atom stereocenters. The number of hydrogen-bond donors (Lipinski definition) is 2. The van der Waals surface area contributed by atoms with Crippen LogP contribution in [0.2, 0.25) is 0 Å². The van der Waals surface area contributed by atoms with E-state index in [2.05, 4.69) is 5.32 Å². The van der Waals surface area contributed by atoms with Gasteiger partial charge in [0.25, 0.3) is 0 Å². The van der Waals surface area contributed by atoms with E-state index < -0.39 is 29.7 Å². The number of esters is 1. The molecule has 9 heteroatoms. The second-order valence-electron chi connectivity index (χ2n) is 7.68. The molecule has 2 N–H and O–H groups in total. The van der Waals surface area contributed by atoms with Crippen molar-refractivity contribution in [3.8, 4) is 0 Å². The minimum absolute atomic E-state index is 0.181. The number of carbonyl (C=O) groups excluding carboxylic acids is 3. The Hall–Kier alpha value is -2.81. The Balaban J connectivity index is 1.97. The molecule has 2 rings (SSSR count). The predicted molar refractivity (Wildman–Crippen MR) is 107 cm³/mol. The van der Waals surface area contributed by atoms with Gasteiger partial charge in [0.15, 0.2) is 0 Å². The maximum Gasteiger partial charge on any atom is 0.410 e. The van der Waals surface area contributed by atoms with Crippen LogP contribution in [0.15, 0.2) is 24.3 Å². The molecule has 1 atom stereocenters. The van der Waals surface area contributed by atoms with Gasteiger partial charge in [0.2, 0.25) is 0 Å². The molecule has 1 aliphatic rings. The third-order valence-corrected chi connectivity index (χ3v) is 4.25. The zero-order valence-corrected chi connectivity index (χ0v) is 17.3. The van der Waals surface area contributed by atoms with Gasteiger partial charge >= 0.3 is 18.1 Å². The Morgan fingerprint density at radius 1 is 1.17 bits per heavy atom. The summed E-state index contributed by atoms with van der Waals surface area (Å²) in [6.45, 7) is 7.83. The Kier molecular flexibility index (Phi) is 7.44. The third kappa shape index (κ3) is 6.35. The number of benzene rings is 1. The average Bonchev–Trinajstić information content (AvgIpc) is 2.66. The van der Waals surface area contributed by atoms with E-state index in [4.69, 9.17) is 9.47 Å². The number of rotatable bonds is 4. The summed E-state index contributed by atoms with van der Waals surface area (Å²) >= 11 is 0. The van der Waals surface area contributed by atoms with Crippen LogP contribution < -0.4 is 5.32 Å². The summed E-state index contributed by atoms with van der Waals surface area (Å²) in [5.41, 5.74) is 0.286. The van der Waals surface area contributed by atoms with Gasteiger partial charge in [0, 0.05) is 25.3 Å². The summed E-state index contributed by atoms with van der Waals surface area (Å²) in [4.78, 5) is 39.6. The van der Waals surface area contributed by atoms with Crippen LogP contribution in [0, 0.1) is 0 Å². The number of carbonyl (C=O) groups is 3. The summed E-state index contributed by atoms with van der Waals surface area (Å²) in [5.74, 6) is -0.427. The van der Waals surface area contributed by atoms with Crippen molar-refractivity contribution in [3.63, 3.8) is 0 Å². The highest BCUT2D eigenvalue weighted by Gasteiger charge is 2.34. The molecule has 0 radical (unpaired) electrons. The number of nitrogens with one attached hydrogen (secondary N) is 1. The molecule has 0 saturated carbocycles. The van der Waals surface area contributed by atoms with Crippen LogP contribution in [0.25, 0.3) is 0 Å². The van der Waals surface area contributed by atoms with Crippen molar-refractivity contribution in [1.29, 1.82) is 0 Å². The van der Waals surface area contributed by atoms with Gasteiger partial charge in [-0.25, -0.2) is 14.4 Å². The van der Waals surface area contributed by atoms with E-state index in [9.17, 15) is 19.5 Å². The summed E-state index contributed by atoms with van der Waals surface area (Å²) in [6.07, 6.45) is -0.467. The first-order valence-corrected chi connectivity index (χ1v) is 9.58. The van der Waals surface area contributed by atoms with Crippen molar-refractivity contribution in [2.75, 3.05) is 38.2 Å². The Morgan fingerprint density at radius 3 is 2.38 bits per heavy atom. The first kappa shape index (κ1) is 22.5. The molecule has 1 fully saturated rings. The Labute approximate surface area is 170 Å². The van der Waals surface area contributed by atoms with E-state index in [0.29, 0.717) is 17.8 Å². The minimum atomic E-state index is -0.615. The van der Waals surface area contributed by atoms with Crippen LogP contribution >= 0.6 is 0 Å². The number of amides is 3. The normalized spacial score (nSPS) is 16.9. The predicted octanol–water partition coefficient (Wildman–Crippen LogP) is 2.31. The third-order valence-electron chi connectivity index (χ3n) is 4.25. The van der Waals surface area contributed by atoms with Crippen molar-refractivity contribution < 1.29 is 29.0 Å². The molecule has 1 heterocycles. The lowest BCUT2D eigenvalue weighted by molar-refractivity contribution is 0.00414. The van der Waals surface area contributed by atoms with Crippen LogP contribution in [0.3, 0.4) is 0 Å². The standard InChI is InChI=1S/C20H29N3O6/c1-5-28-17(25)14-6-8-15(9-7-14)21-18(26)23-11-10-22(12-16(23)13-24)19(27)29-20(2,3)4/h6-9,16,24H,5,10-13H2,1-4H3,(H,21,26). The van der Waals surface area contributed by atoms with Crippen molar-refractivity contribution in [2.24, 2.45) is 0 Å². The molecule has 0 aliphatic carbocycles. The molecular formula is C20H29N3O6. The molecule has 9 nitrogen and oxygen atoms in total. The molecular weight excluding hydrogens is 378 g/mol. The highest BCUT2D eigenvalue weighted by atomic mass is 16.6. The highest BCUT2D eigenvalue weighted by Crippen LogP contribution is 2.17. The van der Waals surface area contributed by atoms with Crippen molar-refractivity contribution in [3.05, 3.63) is 29.8 Å². The fraction of sp³-hybridized carbons (Fsp3) is 0.550. The molecule has 0 aromatic heterocycles. The van der Waals surface area contributed by atoms with E-state index in [1.54, 1.807) is 52.0 Å². The second-order valence-corrected chi connectivity index (χ2v) is 7.68. The zero-order valence-electron chi connectivity index (χ0n) is 17.3. The topological polar surface area (TPSA) is 108 Å². The summed E-state index contributed by atoms with van der Waals surface area (Å²) in [7, 11) is 0. The van der Waals surface area contributed by atoms with Gasteiger partial charge in [-0.1, -0.05) is 0 Å². The van der Waals surface area contributed by atoms with Crippen molar-refractivity contribution in [2.45, 2.75) is 39.3 Å². The molecule has 0 bridgehead atoms. The molecule has 1 aliphatic heterocycles. The smallest absolute Gasteiger partial charge is 0.410 e. The van der Waals surface area contributed by atoms with E-state index in [0.717, 1.165) is 0 Å². The van der Waals surface area contributed by atoms with Crippen LogP contribution in [0.5, 0.6) is 0 Å². The van der Waals surface area contributed by atoms with E-state index in [1.165, 1.54) is 9.80 Å². The van der Waals surface area contributed by atoms with Crippen LogP contribution in [-0.4, -0.2) is 77.5 Å². The molecule has 29 heavy (non-hydrogen) atoms. The maximum atomic E-state index is 12.6. The number of anilines is 1. The maximum absolute atomic E-state index is 12.6. The quantitative estimate of drug-likeness (QED) is 0.742. The number of hydrogen-bond acceptors (Lipinski definition) is 6. The highest BCUT2D eigenvalue weighted by molar-refractivity contribution is 5.92. The van der Waals surface area contributed by atoms with Crippen LogP contribution in [-0.2, 0) is 9.47 Å². The monoisotopic (exact) mass is 407 g/mol. The van der Waals surface area contributed by atoms with Gasteiger partial charge < -0.3 is 29.7 Å². The second kappa shape index (κ2) is 9.60. The van der Waals surface area contributed by atoms with E-state index in [-0.39, 0.29) is 26.3 Å². The number of urea groups is 1. The summed E-state index contributed by atoms with van der Waals surface area (Å²) < 4.78 is 10.3. The minimum Gasteiger partial charge on any atom is -0.462 e. The molecule has 1 aromatic rings. The number of nitrogens with zero attached hydrogens (tertiary/aromatic N) is 2. The van der Waals surface area contributed by atoms with Crippen LogP contribution in [0.4, 0.5) is 15.3 Å². The molecule has 1 saturated heterocycles. The van der Waals surface area contributed by atoms with Gasteiger partial charge in [-0.3, -0.25) is 0 Å². The number of aliphatic hydroxyl groups excluding tert-OH is 1. The molecule has 1 aromatic carbocycles. The van der Waals surface area contributed by atoms with Gasteiger partial charge in [-0.05, 0) is 52.0 Å². The zero-order chi connectivity index (χ0) is 21.6. The molecule has 160 valence electrons. The van der Waals surface area contributed by atoms with Crippen molar-refractivity contribution >= 4 is 23.8 Å². The molecule has 3 amide bonds. The first-order valence-electron chi connectivity index (χ1n) is 9.58. The number of piperazine rings is 1. The van der Waals surface area contributed by atoms with Crippen molar-refractivity contribution in [1.82, 2.24) is 9.80 Å². The van der Waals surface area contributed by atoms with Gasteiger partial charge in [0.1, 0.15) is 5.60 Å². The van der Waals surface area contributed by atoms with E-state index in [1.807, 2.05) is 0 Å². The van der Waals surface area contributed by atoms with E-state index >= 15 is 0 Å². The Bertz CT molecular complexity index is 729. The van der Waals surface area contributed by atoms with Gasteiger partial charge in [0.05, 0.1) is 24.8 Å². The Morgan fingerprint density at radius 2 is 1.83 bits per heavy atom. The SMILES string of the molecule is CCOC(=O)c1ccc(NC(=O)N2CCN(C(=O)OC(C)(C)C)CC2CO)cc1. The lowest BCUT2D eigenvalue weighted by atomic mass is 10.2.